The Bertz CT molecular complexity index is 783. The van der Waals surface area contributed by atoms with E-state index in [1.54, 1.807) is 42.6 Å². The third kappa shape index (κ3) is 4.96. The van der Waals surface area contributed by atoms with Crippen molar-refractivity contribution in [2.24, 2.45) is 0 Å². The van der Waals surface area contributed by atoms with Crippen LogP contribution >= 0.6 is 11.3 Å². The quantitative estimate of drug-likeness (QED) is 0.654. The summed E-state index contributed by atoms with van der Waals surface area (Å²) < 4.78 is 37.5. The summed E-state index contributed by atoms with van der Waals surface area (Å²) in [5.41, 5.74) is 0.373. The first kappa shape index (κ1) is 19.3. The number of nitrogens with zero attached hydrogens (tertiary/aromatic N) is 1. The van der Waals surface area contributed by atoms with Gasteiger partial charge in [-0.25, -0.2) is 8.42 Å². The second kappa shape index (κ2) is 8.35. The fraction of sp³-hybridized carbons (Fsp3) is 0.353. The highest BCUT2D eigenvalue weighted by atomic mass is 32.2. The molecule has 2 rings (SSSR count). The number of ether oxygens (including phenoxy) is 2. The van der Waals surface area contributed by atoms with E-state index in [4.69, 9.17) is 9.47 Å². The molecule has 0 atom stereocenters. The minimum atomic E-state index is -3.85. The lowest BCUT2D eigenvalue weighted by atomic mass is 10.3. The lowest BCUT2D eigenvalue weighted by Gasteiger charge is -2.23. The average molecular weight is 383 g/mol. The molecule has 0 unspecified atom stereocenters. The van der Waals surface area contributed by atoms with Crippen molar-refractivity contribution in [1.29, 1.82) is 0 Å². The number of sulfonamides is 1. The molecule has 136 valence electrons. The molecule has 0 aliphatic carbocycles. The molecule has 0 amide bonds. The van der Waals surface area contributed by atoms with Crippen LogP contribution in [-0.2, 0) is 19.6 Å². The second-order valence-corrected chi connectivity index (χ2v) is 8.45. The van der Waals surface area contributed by atoms with Gasteiger partial charge in [-0.1, -0.05) is 6.07 Å². The molecule has 1 heterocycles. The summed E-state index contributed by atoms with van der Waals surface area (Å²) in [5, 5.41) is 1.68. The number of hydrogen-bond donors (Lipinski definition) is 0. The fourth-order valence-electron chi connectivity index (χ4n) is 2.12. The second-order valence-electron chi connectivity index (χ2n) is 5.41. The van der Waals surface area contributed by atoms with Gasteiger partial charge in [-0.3, -0.25) is 9.10 Å². The SMILES string of the molecule is CCOC(=O)CN(c1ccc(OC(C)C)cc1)S(=O)(=O)c1cccs1. The van der Waals surface area contributed by atoms with E-state index in [9.17, 15) is 13.2 Å². The molecular weight excluding hydrogens is 362 g/mol. The van der Waals surface area contributed by atoms with Crippen molar-refractivity contribution in [2.75, 3.05) is 17.5 Å². The van der Waals surface area contributed by atoms with Gasteiger partial charge in [-0.15, -0.1) is 11.3 Å². The number of hydrogen-bond acceptors (Lipinski definition) is 6. The standard InChI is InChI=1S/C17H21NO5S2/c1-4-22-16(19)12-18(25(20,21)17-6-5-11-24-17)14-7-9-15(10-8-14)23-13(2)3/h5-11,13H,4,12H2,1-3H3. The molecule has 0 N–H and O–H groups in total. The molecule has 6 nitrogen and oxygen atoms in total. The topological polar surface area (TPSA) is 72.9 Å². The molecule has 1 aromatic heterocycles. The average Bonchev–Trinajstić information content (AvgIpc) is 3.08. The zero-order valence-corrected chi connectivity index (χ0v) is 16.0. The molecule has 0 aliphatic heterocycles. The van der Waals surface area contributed by atoms with Crippen molar-refractivity contribution in [3.8, 4) is 5.75 Å². The van der Waals surface area contributed by atoms with Crippen LogP contribution < -0.4 is 9.04 Å². The van der Waals surface area contributed by atoms with Crippen LogP contribution in [0, 0.1) is 0 Å². The van der Waals surface area contributed by atoms with Crippen LogP contribution in [0.3, 0.4) is 0 Å². The summed E-state index contributed by atoms with van der Waals surface area (Å²) in [5.74, 6) is 0.0218. The van der Waals surface area contributed by atoms with Crippen LogP contribution in [-0.4, -0.2) is 33.6 Å². The molecule has 0 saturated heterocycles. The minimum absolute atomic E-state index is 0.0105. The first-order valence-corrected chi connectivity index (χ1v) is 10.1. The molecule has 0 bridgehead atoms. The first-order chi connectivity index (χ1) is 11.8. The Kier molecular flexibility index (Phi) is 6.44. The Hall–Kier alpha value is -2.06. The molecule has 0 saturated carbocycles. The number of carbonyl (C=O) groups is 1. The predicted molar refractivity (Wildman–Crippen MR) is 97.7 cm³/mol. The number of anilines is 1. The van der Waals surface area contributed by atoms with E-state index in [1.165, 1.54) is 6.07 Å². The lowest BCUT2D eigenvalue weighted by Crippen LogP contribution is -2.36. The largest absolute Gasteiger partial charge is 0.491 e. The summed E-state index contributed by atoms with van der Waals surface area (Å²) in [6, 6.07) is 9.74. The van der Waals surface area contributed by atoms with Gasteiger partial charge in [0, 0.05) is 0 Å². The van der Waals surface area contributed by atoms with Gasteiger partial charge in [-0.05, 0) is 56.5 Å². The Morgan fingerprint density at radius 1 is 1.20 bits per heavy atom. The first-order valence-electron chi connectivity index (χ1n) is 7.83. The third-order valence-electron chi connectivity index (χ3n) is 3.11. The maximum Gasteiger partial charge on any atom is 0.326 e. The van der Waals surface area contributed by atoms with Crippen LogP contribution in [0.15, 0.2) is 46.0 Å². The highest BCUT2D eigenvalue weighted by molar-refractivity contribution is 7.94. The normalized spacial score (nSPS) is 11.4. The van der Waals surface area contributed by atoms with Gasteiger partial charge < -0.3 is 9.47 Å². The summed E-state index contributed by atoms with van der Waals surface area (Å²) in [7, 11) is -3.85. The van der Waals surface area contributed by atoms with Crippen LogP contribution in [0.2, 0.25) is 0 Å². The summed E-state index contributed by atoms with van der Waals surface area (Å²) in [4.78, 5) is 11.9. The van der Waals surface area contributed by atoms with Gasteiger partial charge >= 0.3 is 5.97 Å². The van der Waals surface area contributed by atoms with Crippen LogP contribution in [0.25, 0.3) is 0 Å². The lowest BCUT2D eigenvalue weighted by molar-refractivity contribution is -0.141. The van der Waals surface area contributed by atoms with Gasteiger partial charge in [-0.2, -0.15) is 0 Å². The number of benzene rings is 1. The molecule has 2 aromatic rings. The molecule has 8 heteroatoms. The number of thiophene rings is 1. The molecule has 25 heavy (non-hydrogen) atoms. The van der Waals surface area contributed by atoms with Crippen molar-refractivity contribution in [3.05, 3.63) is 41.8 Å². The Balaban J connectivity index is 2.36. The van der Waals surface area contributed by atoms with Crippen molar-refractivity contribution in [3.63, 3.8) is 0 Å². The molecule has 0 fully saturated rings. The molecule has 0 radical (unpaired) electrons. The van der Waals surface area contributed by atoms with Crippen LogP contribution in [0.5, 0.6) is 5.75 Å². The summed E-state index contributed by atoms with van der Waals surface area (Å²) in [6.07, 6.45) is 0.0105. The number of esters is 1. The van der Waals surface area contributed by atoms with Crippen molar-refractivity contribution < 1.29 is 22.7 Å². The maximum absolute atomic E-state index is 12.9. The highest BCUT2D eigenvalue weighted by Crippen LogP contribution is 2.28. The molecular formula is C17H21NO5S2. The van der Waals surface area contributed by atoms with Gasteiger partial charge in [0.15, 0.2) is 0 Å². The highest BCUT2D eigenvalue weighted by Gasteiger charge is 2.28. The van der Waals surface area contributed by atoms with E-state index in [-0.39, 0.29) is 16.9 Å². The Labute approximate surface area is 152 Å². The van der Waals surface area contributed by atoms with Crippen molar-refractivity contribution in [1.82, 2.24) is 0 Å². The summed E-state index contributed by atoms with van der Waals surface area (Å²) >= 11 is 1.10. The molecule has 1 aromatic carbocycles. The number of carbonyl (C=O) groups excluding carboxylic acids is 1. The van der Waals surface area contributed by atoms with Gasteiger partial charge in [0.2, 0.25) is 0 Å². The van der Waals surface area contributed by atoms with Gasteiger partial charge in [0.1, 0.15) is 16.5 Å². The van der Waals surface area contributed by atoms with Gasteiger partial charge in [0.25, 0.3) is 10.0 Å². The number of rotatable bonds is 8. The smallest absolute Gasteiger partial charge is 0.326 e. The Morgan fingerprint density at radius 2 is 1.88 bits per heavy atom. The predicted octanol–water partition coefficient (Wildman–Crippen LogP) is 3.29. The Morgan fingerprint density at radius 3 is 2.40 bits per heavy atom. The van der Waals surface area contributed by atoms with E-state index in [1.807, 2.05) is 13.8 Å². The minimum Gasteiger partial charge on any atom is -0.491 e. The summed E-state index contributed by atoms with van der Waals surface area (Å²) in [6.45, 7) is 5.28. The van der Waals surface area contributed by atoms with E-state index in [2.05, 4.69) is 0 Å². The van der Waals surface area contributed by atoms with Crippen LogP contribution in [0.4, 0.5) is 5.69 Å². The van der Waals surface area contributed by atoms with Crippen molar-refractivity contribution in [2.45, 2.75) is 31.1 Å². The van der Waals surface area contributed by atoms with E-state index in [0.717, 1.165) is 15.6 Å². The monoisotopic (exact) mass is 383 g/mol. The fourth-order valence-corrected chi connectivity index (χ4v) is 4.63. The van der Waals surface area contributed by atoms with E-state index in [0.29, 0.717) is 11.4 Å². The maximum atomic E-state index is 12.9. The molecule has 0 aliphatic rings. The van der Waals surface area contributed by atoms with Crippen molar-refractivity contribution >= 4 is 33.0 Å². The van der Waals surface area contributed by atoms with Crippen LogP contribution in [0.1, 0.15) is 20.8 Å². The zero-order valence-electron chi connectivity index (χ0n) is 14.3. The van der Waals surface area contributed by atoms with E-state index >= 15 is 0 Å². The molecule has 0 spiro atoms. The van der Waals surface area contributed by atoms with E-state index < -0.39 is 22.5 Å². The third-order valence-corrected chi connectivity index (χ3v) is 6.26. The zero-order chi connectivity index (χ0) is 18.4. The van der Waals surface area contributed by atoms with Gasteiger partial charge in [0.05, 0.1) is 18.4 Å².